The Hall–Kier alpha value is -1.87. The minimum atomic E-state index is -0.299. The zero-order valence-electron chi connectivity index (χ0n) is 10.3. The van der Waals surface area contributed by atoms with Gasteiger partial charge in [0.1, 0.15) is 24.5 Å². The number of aldehydes is 1. The normalized spacial score (nSPS) is 10.3. The summed E-state index contributed by atoms with van der Waals surface area (Å²) < 4.78 is 18.7. The monoisotopic (exact) mass is 278 g/mol. The summed E-state index contributed by atoms with van der Waals surface area (Å²) in [5.74, 6) is 0.169. The summed E-state index contributed by atoms with van der Waals surface area (Å²) in [5, 5.41) is 0.360. The van der Waals surface area contributed by atoms with Crippen LogP contribution in [0.2, 0.25) is 5.02 Å². The molecule has 0 aliphatic rings. The number of hydrogen-bond donors (Lipinski definition) is 0. The lowest BCUT2D eigenvalue weighted by molar-refractivity contribution is 0.112. The van der Waals surface area contributed by atoms with Crippen molar-refractivity contribution in [1.82, 2.24) is 0 Å². The highest BCUT2D eigenvalue weighted by Gasteiger charge is 2.05. The van der Waals surface area contributed by atoms with Gasteiger partial charge >= 0.3 is 0 Å². The summed E-state index contributed by atoms with van der Waals surface area (Å²) >= 11 is 5.99. The molecule has 0 atom stereocenters. The van der Waals surface area contributed by atoms with Crippen LogP contribution in [0.25, 0.3) is 0 Å². The number of aryl methyl sites for hydroxylation is 1. The average Bonchev–Trinajstić information content (AvgIpc) is 2.40. The van der Waals surface area contributed by atoms with Crippen LogP contribution in [0.1, 0.15) is 21.5 Å². The summed E-state index contributed by atoms with van der Waals surface area (Å²) in [7, 11) is 0. The smallest absolute Gasteiger partial charge is 0.150 e. The van der Waals surface area contributed by atoms with Crippen molar-refractivity contribution in [2.45, 2.75) is 13.5 Å². The molecule has 19 heavy (non-hydrogen) atoms. The van der Waals surface area contributed by atoms with E-state index in [-0.39, 0.29) is 12.4 Å². The van der Waals surface area contributed by atoms with Crippen molar-refractivity contribution in [3.05, 3.63) is 63.9 Å². The first-order valence-corrected chi connectivity index (χ1v) is 6.10. The van der Waals surface area contributed by atoms with E-state index in [9.17, 15) is 9.18 Å². The number of halogens is 2. The molecule has 0 unspecified atom stereocenters. The Morgan fingerprint density at radius 1 is 1.26 bits per heavy atom. The van der Waals surface area contributed by atoms with E-state index in [2.05, 4.69) is 0 Å². The van der Waals surface area contributed by atoms with Gasteiger partial charge in [-0.2, -0.15) is 0 Å². The lowest BCUT2D eigenvalue weighted by atomic mass is 10.1. The van der Waals surface area contributed by atoms with Gasteiger partial charge in [0.15, 0.2) is 0 Å². The molecule has 0 saturated carbocycles. The summed E-state index contributed by atoms with van der Waals surface area (Å²) in [6, 6.07) is 9.31. The highest BCUT2D eigenvalue weighted by atomic mass is 35.5. The maximum atomic E-state index is 13.1. The van der Waals surface area contributed by atoms with Gasteiger partial charge in [-0.3, -0.25) is 4.79 Å². The Kier molecular flexibility index (Phi) is 4.17. The Labute approximate surface area is 115 Å². The first-order chi connectivity index (χ1) is 9.10. The molecule has 0 spiro atoms. The molecule has 0 fully saturated rings. The minimum absolute atomic E-state index is 0.226. The fourth-order valence-electron chi connectivity index (χ4n) is 1.66. The van der Waals surface area contributed by atoms with Crippen molar-refractivity contribution >= 4 is 17.9 Å². The predicted molar refractivity (Wildman–Crippen MR) is 72.3 cm³/mol. The van der Waals surface area contributed by atoms with Crippen LogP contribution in [0.3, 0.4) is 0 Å². The largest absolute Gasteiger partial charge is 0.487 e. The number of benzene rings is 2. The van der Waals surface area contributed by atoms with Crippen LogP contribution in [0.4, 0.5) is 4.39 Å². The molecule has 0 N–H and O–H groups in total. The third-order valence-corrected chi connectivity index (χ3v) is 3.08. The molecule has 0 bridgehead atoms. The van der Waals surface area contributed by atoms with Crippen molar-refractivity contribution in [1.29, 1.82) is 0 Å². The second kappa shape index (κ2) is 5.85. The first kappa shape index (κ1) is 13.6. The van der Waals surface area contributed by atoms with Crippen LogP contribution < -0.4 is 4.74 Å². The Morgan fingerprint density at radius 2 is 2.05 bits per heavy atom. The van der Waals surface area contributed by atoms with Crippen LogP contribution in [-0.4, -0.2) is 6.29 Å². The zero-order chi connectivity index (χ0) is 13.8. The van der Waals surface area contributed by atoms with E-state index in [0.29, 0.717) is 22.6 Å². The van der Waals surface area contributed by atoms with Gasteiger partial charge in [-0.1, -0.05) is 17.7 Å². The second-order valence-electron chi connectivity index (χ2n) is 4.17. The highest BCUT2D eigenvalue weighted by molar-refractivity contribution is 6.32. The van der Waals surface area contributed by atoms with Crippen LogP contribution >= 0.6 is 11.6 Å². The number of carbonyl (C=O) groups excluding carboxylic acids is 1. The molecule has 0 aliphatic heterocycles. The molecule has 0 saturated heterocycles. The summed E-state index contributed by atoms with van der Waals surface area (Å²) in [4.78, 5) is 10.6. The van der Waals surface area contributed by atoms with Crippen molar-refractivity contribution in [3.63, 3.8) is 0 Å². The van der Waals surface area contributed by atoms with Gasteiger partial charge in [0, 0.05) is 5.56 Å². The molecule has 2 rings (SSSR count). The Morgan fingerprint density at radius 3 is 2.74 bits per heavy atom. The molecule has 2 aromatic carbocycles. The molecular weight excluding hydrogens is 267 g/mol. The van der Waals surface area contributed by atoms with E-state index in [0.717, 1.165) is 11.1 Å². The summed E-state index contributed by atoms with van der Waals surface area (Å²) in [6.45, 7) is 2.11. The van der Waals surface area contributed by atoms with Crippen LogP contribution in [-0.2, 0) is 6.61 Å². The standard InChI is InChI=1S/C15H12ClFO2/c1-10-2-4-13(17)7-12(10)9-19-15-5-3-11(8-18)6-14(15)16/h2-8H,9H2,1H3. The summed E-state index contributed by atoms with van der Waals surface area (Å²) in [6.07, 6.45) is 0.715. The molecule has 0 aliphatic carbocycles. The van der Waals surface area contributed by atoms with E-state index in [1.807, 2.05) is 6.92 Å². The fraction of sp³-hybridized carbons (Fsp3) is 0.133. The number of rotatable bonds is 4. The van der Waals surface area contributed by atoms with Gasteiger partial charge in [-0.15, -0.1) is 0 Å². The molecule has 98 valence electrons. The minimum Gasteiger partial charge on any atom is -0.487 e. The van der Waals surface area contributed by atoms with Gasteiger partial charge in [-0.25, -0.2) is 4.39 Å². The third-order valence-electron chi connectivity index (χ3n) is 2.79. The average molecular weight is 279 g/mol. The van der Waals surface area contributed by atoms with Crippen molar-refractivity contribution < 1.29 is 13.9 Å². The number of hydrogen-bond acceptors (Lipinski definition) is 2. The van der Waals surface area contributed by atoms with E-state index in [1.54, 1.807) is 18.2 Å². The molecule has 0 amide bonds. The SMILES string of the molecule is Cc1ccc(F)cc1COc1ccc(C=O)cc1Cl. The zero-order valence-corrected chi connectivity index (χ0v) is 11.1. The summed E-state index contributed by atoms with van der Waals surface area (Å²) in [5.41, 5.74) is 2.19. The van der Waals surface area contributed by atoms with Crippen molar-refractivity contribution in [3.8, 4) is 5.75 Å². The third kappa shape index (κ3) is 3.32. The molecule has 0 radical (unpaired) electrons. The maximum absolute atomic E-state index is 13.1. The van der Waals surface area contributed by atoms with E-state index in [4.69, 9.17) is 16.3 Å². The molecule has 0 heterocycles. The fourth-order valence-corrected chi connectivity index (χ4v) is 1.90. The molecular formula is C15H12ClFO2. The predicted octanol–water partition coefficient (Wildman–Crippen LogP) is 4.18. The van der Waals surface area contributed by atoms with Gasteiger partial charge in [0.2, 0.25) is 0 Å². The van der Waals surface area contributed by atoms with E-state index >= 15 is 0 Å². The lowest BCUT2D eigenvalue weighted by Gasteiger charge is -2.10. The topological polar surface area (TPSA) is 26.3 Å². The van der Waals surface area contributed by atoms with Gasteiger partial charge < -0.3 is 4.74 Å². The Bertz CT molecular complexity index is 611. The lowest BCUT2D eigenvalue weighted by Crippen LogP contribution is -1.99. The first-order valence-electron chi connectivity index (χ1n) is 5.72. The Balaban J connectivity index is 2.14. The molecule has 0 aromatic heterocycles. The van der Waals surface area contributed by atoms with E-state index in [1.165, 1.54) is 18.2 Å². The van der Waals surface area contributed by atoms with Crippen LogP contribution in [0.15, 0.2) is 36.4 Å². The van der Waals surface area contributed by atoms with Crippen LogP contribution in [0.5, 0.6) is 5.75 Å². The second-order valence-corrected chi connectivity index (χ2v) is 4.57. The van der Waals surface area contributed by atoms with Gasteiger partial charge in [0.05, 0.1) is 5.02 Å². The van der Waals surface area contributed by atoms with Crippen LogP contribution in [0, 0.1) is 12.7 Å². The quantitative estimate of drug-likeness (QED) is 0.784. The number of ether oxygens (including phenoxy) is 1. The molecule has 2 aromatic rings. The van der Waals surface area contributed by atoms with Gasteiger partial charge in [0.25, 0.3) is 0 Å². The maximum Gasteiger partial charge on any atom is 0.150 e. The number of carbonyl (C=O) groups is 1. The highest BCUT2D eigenvalue weighted by Crippen LogP contribution is 2.26. The van der Waals surface area contributed by atoms with Gasteiger partial charge in [-0.05, 0) is 48.4 Å². The molecule has 4 heteroatoms. The van der Waals surface area contributed by atoms with Crippen molar-refractivity contribution in [2.75, 3.05) is 0 Å². The van der Waals surface area contributed by atoms with Crippen molar-refractivity contribution in [2.24, 2.45) is 0 Å². The van der Waals surface area contributed by atoms with E-state index < -0.39 is 0 Å². The molecule has 2 nitrogen and oxygen atoms in total.